The maximum Gasteiger partial charge on any atom is 0.416 e. The summed E-state index contributed by atoms with van der Waals surface area (Å²) in [5.74, 6) is 2.21. The molecule has 2 N–H and O–H groups in total. The SMILES string of the molecule is O=C(NCCC(=O)N1CCN(c2cccc(C(F)(F)F)c2)CC1)NC12CC3CC(CC(C3)C1)C2. The van der Waals surface area contributed by atoms with Crippen LogP contribution in [0.3, 0.4) is 0 Å². The van der Waals surface area contributed by atoms with Crippen molar-refractivity contribution in [2.75, 3.05) is 37.6 Å². The van der Waals surface area contributed by atoms with E-state index in [9.17, 15) is 22.8 Å². The number of urea groups is 1. The lowest BCUT2D eigenvalue weighted by Gasteiger charge is -2.56. The Morgan fingerprint density at radius 3 is 2.18 bits per heavy atom. The van der Waals surface area contributed by atoms with E-state index in [1.165, 1.54) is 25.3 Å². The van der Waals surface area contributed by atoms with E-state index < -0.39 is 11.7 Å². The van der Waals surface area contributed by atoms with Gasteiger partial charge >= 0.3 is 12.2 Å². The predicted octanol–water partition coefficient (Wildman–Crippen LogP) is 4.01. The maximum atomic E-state index is 13.0. The normalized spacial score (nSPS) is 30.4. The van der Waals surface area contributed by atoms with Crippen LogP contribution in [0.4, 0.5) is 23.7 Å². The second kappa shape index (κ2) is 8.96. The monoisotopic (exact) mass is 478 g/mol. The van der Waals surface area contributed by atoms with Crippen molar-refractivity contribution in [2.24, 2.45) is 17.8 Å². The summed E-state index contributed by atoms with van der Waals surface area (Å²) >= 11 is 0. The number of anilines is 1. The molecule has 34 heavy (non-hydrogen) atoms. The van der Waals surface area contributed by atoms with E-state index in [4.69, 9.17) is 0 Å². The van der Waals surface area contributed by atoms with Gasteiger partial charge in [-0.2, -0.15) is 13.2 Å². The summed E-state index contributed by atoms with van der Waals surface area (Å²) < 4.78 is 39.0. The standard InChI is InChI=1S/C25H33F3N4O2/c26-25(27,28)20-2-1-3-21(13-20)31-6-8-32(9-7-31)22(33)4-5-29-23(34)30-24-14-17-10-18(15-24)12-19(11-17)16-24/h1-3,13,17-19H,4-12,14-16H2,(H2,29,30,34). The van der Waals surface area contributed by atoms with Gasteiger partial charge in [0.05, 0.1) is 5.56 Å². The number of halogens is 3. The van der Waals surface area contributed by atoms with Gasteiger partial charge in [0.2, 0.25) is 5.91 Å². The Morgan fingerprint density at radius 1 is 0.971 bits per heavy atom. The molecule has 0 unspecified atom stereocenters. The van der Waals surface area contributed by atoms with E-state index in [-0.39, 0.29) is 30.4 Å². The van der Waals surface area contributed by atoms with Crippen molar-refractivity contribution in [3.8, 4) is 0 Å². The molecule has 4 saturated carbocycles. The summed E-state index contributed by atoms with van der Waals surface area (Å²) in [6, 6.07) is 5.12. The van der Waals surface area contributed by atoms with Gasteiger partial charge in [0, 0.05) is 50.4 Å². The first kappa shape index (κ1) is 23.3. The van der Waals surface area contributed by atoms with Crippen molar-refractivity contribution >= 4 is 17.6 Å². The lowest BCUT2D eigenvalue weighted by Crippen LogP contribution is -2.61. The van der Waals surface area contributed by atoms with Crippen LogP contribution in [-0.2, 0) is 11.0 Å². The number of alkyl halides is 3. The van der Waals surface area contributed by atoms with Crippen LogP contribution >= 0.6 is 0 Å². The van der Waals surface area contributed by atoms with E-state index in [0.717, 1.165) is 49.1 Å². The fourth-order valence-corrected chi connectivity index (χ4v) is 7.08. The highest BCUT2D eigenvalue weighted by Gasteiger charge is 2.51. The zero-order valence-electron chi connectivity index (χ0n) is 19.4. The van der Waals surface area contributed by atoms with E-state index in [1.807, 2.05) is 4.90 Å². The fourth-order valence-electron chi connectivity index (χ4n) is 7.08. The van der Waals surface area contributed by atoms with Crippen molar-refractivity contribution in [1.29, 1.82) is 0 Å². The number of nitrogens with zero attached hydrogens (tertiary/aromatic N) is 2. The minimum Gasteiger partial charge on any atom is -0.368 e. The molecule has 1 aromatic carbocycles. The highest BCUT2D eigenvalue weighted by Crippen LogP contribution is 2.55. The summed E-state index contributed by atoms with van der Waals surface area (Å²) in [5, 5.41) is 6.12. The van der Waals surface area contributed by atoms with Crippen LogP contribution in [0, 0.1) is 17.8 Å². The minimum atomic E-state index is -4.37. The molecular weight excluding hydrogens is 445 g/mol. The Kier molecular flexibility index (Phi) is 6.14. The van der Waals surface area contributed by atoms with Crippen LogP contribution in [0.5, 0.6) is 0 Å². The van der Waals surface area contributed by atoms with Crippen molar-refractivity contribution in [2.45, 2.75) is 56.7 Å². The maximum absolute atomic E-state index is 13.0. The number of carbonyl (C=O) groups excluding carboxylic acids is 2. The van der Waals surface area contributed by atoms with Gasteiger partial charge in [0.25, 0.3) is 0 Å². The zero-order valence-corrected chi connectivity index (χ0v) is 19.4. The van der Waals surface area contributed by atoms with Crippen molar-refractivity contribution in [1.82, 2.24) is 15.5 Å². The van der Waals surface area contributed by atoms with E-state index in [1.54, 1.807) is 11.0 Å². The molecule has 5 fully saturated rings. The smallest absolute Gasteiger partial charge is 0.368 e. The Hall–Kier alpha value is -2.45. The highest BCUT2D eigenvalue weighted by atomic mass is 19.4. The van der Waals surface area contributed by atoms with Crippen LogP contribution in [0.25, 0.3) is 0 Å². The molecule has 0 aromatic heterocycles. The second-order valence-electron chi connectivity index (χ2n) is 10.7. The Morgan fingerprint density at radius 2 is 1.59 bits per heavy atom. The first-order valence-electron chi connectivity index (χ1n) is 12.5. The minimum absolute atomic E-state index is 0.0428. The largest absolute Gasteiger partial charge is 0.416 e. The number of benzene rings is 1. The second-order valence-corrected chi connectivity index (χ2v) is 10.7. The van der Waals surface area contributed by atoms with Crippen molar-refractivity contribution < 1.29 is 22.8 Å². The topological polar surface area (TPSA) is 64.7 Å². The van der Waals surface area contributed by atoms with Crippen LogP contribution in [0.2, 0.25) is 0 Å². The van der Waals surface area contributed by atoms with E-state index in [2.05, 4.69) is 10.6 Å². The lowest BCUT2D eigenvalue weighted by atomic mass is 9.53. The zero-order chi connectivity index (χ0) is 23.9. The molecule has 1 aliphatic heterocycles. The van der Waals surface area contributed by atoms with Gasteiger partial charge in [-0.1, -0.05) is 6.07 Å². The summed E-state index contributed by atoms with van der Waals surface area (Å²) in [4.78, 5) is 28.8. The number of piperazine rings is 1. The summed E-state index contributed by atoms with van der Waals surface area (Å²) in [5.41, 5.74) is -0.200. The Labute approximate surface area is 198 Å². The van der Waals surface area contributed by atoms with E-state index >= 15 is 0 Å². The Bertz CT molecular complexity index is 892. The molecule has 4 bridgehead atoms. The third-order valence-electron chi connectivity index (χ3n) is 8.21. The average Bonchev–Trinajstić information content (AvgIpc) is 2.77. The number of amides is 3. The summed E-state index contributed by atoms with van der Waals surface area (Å²) in [6.45, 7) is 2.15. The van der Waals surface area contributed by atoms with Gasteiger partial charge in [-0.15, -0.1) is 0 Å². The Balaban J connectivity index is 1.05. The molecule has 1 aromatic rings. The van der Waals surface area contributed by atoms with Crippen LogP contribution in [0.1, 0.15) is 50.5 Å². The number of rotatable bonds is 5. The van der Waals surface area contributed by atoms with Gasteiger partial charge < -0.3 is 20.4 Å². The highest BCUT2D eigenvalue weighted by molar-refractivity contribution is 5.79. The van der Waals surface area contributed by atoms with Gasteiger partial charge in [0.1, 0.15) is 0 Å². The number of hydrogen-bond donors (Lipinski definition) is 2. The van der Waals surface area contributed by atoms with Gasteiger partial charge in [-0.3, -0.25) is 4.79 Å². The molecule has 0 atom stereocenters. The predicted molar refractivity (Wildman–Crippen MR) is 122 cm³/mol. The molecule has 6 rings (SSSR count). The third kappa shape index (κ3) is 4.98. The molecule has 3 amide bonds. The number of carbonyl (C=O) groups is 2. The molecule has 0 spiro atoms. The molecule has 5 aliphatic rings. The van der Waals surface area contributed by atoms with Crippen LogP contribution in [0.15, 0.2) is 24.3 Å². The van der Waals surface area contributed by atoms with Gasteiger partial charge in [-0.05, 0) is 74.5 Å². The molecule has 0 radical (unpaired) electrons. The van der Waals surface area contributed by atoms with Crippen LogP contribution < -0.4 is 15.5 Å². The third-order valence-corrected chi connectivity index (χ3v) is 8.21. The quantitative estimate of drug-likeness (QED) is 0.672. The number of nitrogens with one attached hydrogen (secondary N) is 2. The molecular formula is C25H33F3N4O2. The van der Waals surface area contributed by atoms with Gasteiger partial charge in [0.15, 0.2) is 0 Å². The molecule has 4 aliphatic carbocycles. The van der Waals surface area contributed by atoms with Gasteiger partial charge in [-0.25, -0.2) is 4.79 Å². The summed E-state index contributed by atoms with van der Waals surface area (Å²) in [6.07, 6.45) is 3.05. The average molecular weight is 479 g/mol. The van der Waals surface area contributed by atoms with E-state index in [0.29, 0.717) is 31.9 Å². The molecule has 1 heterocycles. The fraction of sp³-hybridized carbons (Fsp3) is 0.680. The molecule has 6 nitrogen and oxygen atoms in total. The van der Waals surface area contributed by atoms with Crippen LogP contribution in [-0.4, -0.2) is 55.1 Å². The lowest BCUT2D eigenvalue weighted by molar-refractivity contribution is -0.137. The first-order chi connectivity index (χ1) is 16.2. The number of hydrogen-bond acceptors (Lipinski definition) is 3. The first-order valence-corrected chi connectivity index (χ1v) is 12.5. The van der Waals surface area contributed by atoms with Crippen molar-refractivity contribution in [3.63, 3.8) is 0 Å². The summed E-state index contributed by atoms with van der Waals surface area (Å²) in [7, 11) is 0. The molecule has 1 saturated heterocycles. The molecule has 9 heteroatoms. The van der Waals surface area contributed by atoms with Crippen molar-refractivity contribution in [3.05, 3.63) is 29.8 Å². The molecule has 186 valence electrons.